The Morgan fingerprint density at radius 2 is 1.65 bits per heavy atom. The molecular weight excluding hydrogens is 294 g/mol. The van der Waals surface area contributed by atoms with E-state index in [1.165, 1.54) is 0 Å². The number of hydrogen-bond acceptors (Lipinski definition) is 5. The van der Waals surface area contributed by atoms with Crippen LogP contribution in [0.2, 0.25) is 0 Å². The second-order valence-electron chi connectivity index (χ2n) is 4.80. The second kappa shape index (κ2) is 6.44. The molecule has 0 aliphatic carbocycles. The van der Waals surface area contributed by atoms with Crippen molar-refractivity contribution in [1.82, 2.24) is 4.98 Å². The molecule has 23 heavy (non-hydrogen) atoms. The van der Waals surface area contributed by atoms with Gasteiger partial charge < -0.3 is 18.6 Å². The predicted octanol–water partition coefficient (Wildman–Crippen LogP) is 4.03. The molecular formula is C18H17NO4. The topological polar surface area (TPSA) is 53.7 Å². The van der Waals surface area contributed by atoms with Crippen molar-refractivity contribution in [2.24, 2.45) is 0 Å². The monoisotopic (exact) mass is 311 g/mol. The van der Waals surface area contributed by atoms with E-state index in [4.69, 9.17) is 18.6 Å². The first kappa shape index (κ1) is 15.0. The van der Waals surface area contributed by atoms with Gasteiger partial charge in [0.2, 0.25) is 5.89 Å². The number of nitrogens with zero attached hydrogens (tertiary/aromatic N) is 1. The lowest BCUT2D eigenvalue weighted by atomic mass is 10.2. The molecule has 3 aromatic rings. The molecule has 0 fully saturated rings. The van der Waals surface area contributed by atoms with Crippen LogP contribution in [0, 0.1) is 0 Å². The van der Waals surface area contributed by atoms with Gasteiger partial charge in [0, 0.05) is 5.56 Å². The summed E-state index contributed by atoms with van der Waals surface area (Å²) in [7, 11) is 4.82. The van der Waals surface area contributed by atoms with Gasteiger partial charge in [0.1, 0.15) is 5.75 Å². The molecule has 1 aromatic heterocycles. The Bertz CT molecular complexity index is 793. The molecule has 2 aromatic carbocycles. The number of ether oxygens (including phenoxy) is 3. The number of oxazole rings is 1. The number of para-hydroxylation sites is 1. The summed E-state index contributed by atoms with van der Waals surface area (Å²) in [5, 5.41) is 0. The Hall–Kier alpha value is -2.95. The largest absolute Gasteiger partial charge is 0.497 e. The minimum Gasteiger partial charge on any atom is -0.497 e. The first-order chi connectivity index (χ1) is 11.3. The SMILES string of the molecule is COc1ccc(-c2cnc(-c3cccc(OC)c3OC)o2)cc1. The third kappa shape index (κ3) is 2.85. The van der Waals surface area contributed by atoms with Gasteiger partial charge in [-0.3, -0.25) is 0 Å². The molecule has 0 radical (unpaired) electrons. The highest BCUT2D eigenvalue weighted by atomic mass is 16.5. The fourth-order valence-electron chi connectivity index (χ4n) is 2.34. The van der Waals surface area contributed by atoms with Crippen molar-refractivity contribution in [3.8, 4) is 40.0 Å². The number of methoxy groups -OCH3 is 3. The second-order valence-corrected chi connectivity index (χ2v) is 4.80. The Morgan fingerprint density at radius 3 is 2.30 bits per heavy atom. The number of aromatic nitrogens is 1. The van der Waals surface area contributed by atoms with Crippen molar-refractivity contribution in [2.75, 3.05) is 21.3 Å². The van der Waals surface area contributed by atoms with Crippen molar-refractivity contribution < 1.29 is 18.6 Å². The van der Waals surface area contributed by atoms with E-state index in [2.05, 4.69) is 4.98 Å². The summed E-state index contributed by atoms with van der Waals surface area (Å²) >= 11 is 0. The van der Waals surface area contributed by atoms with Crippen molar-refractivity contribution in [2.45, 2.75) is 0 Å². The minimum atomic E-state index is 0.478. The van der Waals surface area contributed by atoms with Gasteiger partial charge in [-0.15, -0.1) is 0 Å². The van der Waals surface area contributed by atoms with Crippen LogP contribution in [0.5, 0.6) is 17.2 Å². The van der Waals surface area contributed by atoms with E-state index in [1.54, 1.807) is 27.5 Å². The molecule has 1 heterocycles. The molecule has 0 atom stereocenters. The van der Waals surface area contributed by atoms with E-state index in [0.29, 0.717) is 23.1 Å². The maximum atomic E-state index is 5.88. The molecule has 0 aliphatic heterocycles. The van der Waals surface area contributed by atoms with Gasteiger partial charge in [0.05, 0.1) is 33.1 Å². The first-order valence-corrected chi connectivity index (χ1v) is 7.08. The molecule has 0 saturated carbocycles. The maximum absolute atomic E-state index is 5.88. The number of benzene rings is 2. The van der Waals surface area contributed by atoms with Crippen molar-refractivity contribution in [3.63, 3.8) is 0 Å². The molecule has 0 amide bonds. The van der Waals surface area contributed by atoms with Crippen LogP contribution in [-0.2, 0) is 0 Å². The summed E-state index contributed by atoms with van der Waals surface area (Å²) in [6.45, 7) is 0. The van der Waals surface area contributed by atoms with Crippen LogP contribution in [0.1, 0.15) is 0 Å². The summed E-state index contributed by atoms with van der Waals surface area (Å²) in [4.78, 5) is 4.36. The lowest BCUT2D eigenvalue weighted by molar-refractivity contribution is 0.355. The van der Waals surface area contributed by atoms with Gasteiger partial charge in [-0.25, -0.2) is 4.98 Å². The zero-order valence-electron chi connectivity index (χ0n) is 13.2. The lowest BCUT2D eigenvalue weighted by Crippen LogP contribution is -1.93. The van der Waals surface area contributed by atoms with Gasteiger partial charge in [-0.2, -0.15) is 0 Å². The molecule has 0 saturated heterocycles. The van der Waals surface area contributed by atoms with Crippen LogP contribution in [0.4, 0.5) is 0 Å². The van der Waals surface area contributed by atoms with Gasteiger partial charge in [0.15, 0.2) is 17.3 Å². The van der Waals surface area contributed by atoms with E-state index in [-0.39, 0.29) is 0 Å². The highest BCUT2D eigenvalue weighted by Crippen LogP contribution is 2.38. The highest BCUT2D eigenvalue weighted by Gasteiger charge is 2.16. The smallest absolute Gasteiger partial charge is 0.230 e. The van der Waals surface area contributed by atoms with Crippen molar-refractivity contribution in [1.29, 1.82) is 0 Å². The third-order valence-corrected chi connectivity index (χ3v) is 3.51. The summed E-state index contributed by atoms with van der Waals surface area (Å²) in [5.74, 6) is 3.18. The van der Waals surface area contributed by atoms with Crippen LogP contribution >= 0.6 is 0 Å². The van der Waals surface area contributed by atoms with Crippen LogP contribution < -0.4 is 14.2 Å². The van der Waals surface area contributed by atoms with E-state index >= 15 is 0 Å². The van der Waals surface area contributed by atoms with Crippen LogP contribution in [0.3, 0.4) is 0 Å². The molecule has 0 unspecified atom stereocenters. The van der Waals surface area contributed by atoms with E-state index in [1.807, 2.05) is 42.5 Å². The van der Waals surface area contributed by atoms with Crippen LogP contribution in [0.15, 0.2) is 53.1 Å². The van der Waals surface area contributed by atoms with Crippen molar-refractivity contribution >= 4 is 0 Å². The minimum absolute atomic E-state index is 0.478. The standard InChI is InChI=1S/C18H17NO4/c1-20-13-9-7-12(8-10-13)16-11-19-18(23-16)14-5-4-6-15(21-2)17(14)22-3/h4-11H,1-3H3. The molecule has 5 heteroatoms. The summed E-state index contributed by atoms with van der Waals surface area (Å²) in [6, 6.07) is 13.2. The molecule has 0 N–H and O–H groups in total. The predicted molar refractivity (Wildman–Crippen MR) is 87.0 cm³/mol. The summed E-state index contributed by atoms with van der Waals surface area (Å²) in [6.07, 6.45) is 1.69. The number of rotatable bonds is 5. The van der Waals surface area contributed by atoms with Gasteiger partial charge in [-0.05, 0) is 36.4 Å². The van der Waals surface area contributed by atoms with Gasteiger partial charge >= 0.3 is 0 Å². The van der Waals surface area contributed by atoms with E-state index in [0.717, 1.165) is 16.9 Å². The summed E-state index contributed by atoms with van der Waals surface area (Å²) < 4.78 is 21.8. The molecule has 0 spiro atoms. The molecule has 5 nitrogen and oxygen atoms in total. The first-order valence-electron chi connectivity index (χ1n) is 7.08. The summed E-state index contributed by atoms with van der Waals surface area (Å²) in [5.41, 5.74) is 1.66. The molecule has 3 rings (SSSR count). The van der Waals surface area contributed by atoms with Crippen LogP contribution in [0.25, 0.3) is 22.8 Å². The molecule has 0 bridgehead atoms. The molecule has 0 aliphatic rings. The lowest BCUT2D eigenvalue weighted by Gasteiger charge is -2.10. The Kier molecular flexibility index (Phi) is 4.19. The average molecular weight is 311 g/mol. The average Bonchev–Trinajstić information content (AvgIpc) is 3.10. The normalized spacial score (nSPS) is 10.4. The Balaban J connectivity index is 1.98. The third-order valence-electron chi connectivity index (χ3n) is 3.51. The van der Waals surface area contributed by atoms with Crippen molar-refractivity contribution in [3.05, 3.63) is 48.7 Å². The zero-order chi connectivity index (χ0) is 16.2. The molecule has 118 valence electrons. The quantitative estimate of drug-likeness (QED) is 0.712. The van der Waals surface area contributed by atoms with Gasteiger partial charge in [0.25, 0.3) is 0 Å². The Labute approximate surface area is 134 Å². The highest BCUT2D eigenvalue weighted by molar-refractivity contribution is 5.69. The van der Waals surface area contributed by atoms with Gasteiger partial charge in [-0.1, -0.05) is 6.07 Å². The van der Waals surface area contributed by atoms with E-state index in [9.17, 15) is 0 Å². The zero-order valence-corrected chi connectivity index (χ0v) is 13.2. The number of hydrogen-bond donors (Lipinski definition) is 0. The van der Waals surface area contributed by atoms with Crippen LogP contribution in [-0.4, -0.2) is 26.3 Å². The fraction of sp³-hybridized carbons (Fsp3) is 0.167. The van der Waals surface area contributed by atoms with E-state index < -0.39 is 0 Å². The fourth-order valence-corrected chi connectivity index (χ4v) is 2.34. The maximum Gasteiger partial charge on any atom is 0.230 e. The Morgan fingerprint density at radius 1 is 0.870 bits per heavy atom.